The van der Waals surface area contributed by atoms with Crippen LogP contribution in [0.15, 0.2) is 16.9 Å². The molecule has 1 fully saturated rings. The van der Waals surface area contributed by atoms with Gasteiger partial charge in [0.1, 0.15) is 17.4 Å². The first-order valence-electron chi connectivity index (χ1n) is 6.60. The molecule has 2 aromatic heterocycles. The summed E-state index contributed by atoms with van der Waals surface area (Å²) in [6, 6.07) is 2.85. The first kappa shape index (κ1) is 12.9. The smallest absolute Gasteiger partial charge is 0.352 e. The number of carbonyl (C=O) groups is 1. The number of rotatable bonds is 3. The lowest BCUT2D eigenvalue weighted by Gasteiger charge is -2.09. The van der Waals surface area contributed by atoms with Crippen LogP contribution in [0, 0.1) is 0 Å². The number of hydrogen-bond donors (Lipinski definition) is 1. The fourth-order valence-corrected chi connectivity index (χ4v) is 2.60. The molecule has 7 nitrogen and oxygen atoms in total. The third-order valence-corrected chi connectivity index (χ3v) is 3.54. The second kappa shape index (κ2) is 4.75. The predicted octanol–water partition coefficient (Wildman–Crippen LogP) is 1.07. The Morgan fingerprint density at radius 2 is 2.35 bits per heavy atom. The van der Waals surface area contributed by atoms with Crippen molar-refractivity contribution in [2.45, 2.75) is 32.4 Å². The third kappa shape index (κ3) is 1.90. The van der Waals surface area contributed by atoms with Crippen LogP contribution < -0.4 is 5.56 Å². The zero-order chi connectivity index (χ0) is 14.3. The average Bonchev–Trinajstić information content (AvgIpc) is 3.07. The number of carboxylic acids is 1. The quantitative estimate of drug-likeness (QED) is 0.906. The monoisotopic (exact) mass is 277 g/mol. The Kier molecular flexibility index (Phi) is 3.06. The Hall–Kier alpha value is -2.15. The lowest BCUT2D eigenvalue weighted by molar-refractivity contribution is 0.0684. The van der Waals surface area contributed by atoms with E-state index in [4.69, 9.17) is 4.74 Å². The van der Waals surface area contributed by atoms with Crippen LogP contribution >= 0.6 is 0 Å². The van der Waals surface area contributed by atoms with E-state index in [2.05, 4.69) is 5.10 Å². The van der Waals surface area contributed by atoms with Crippen LogP contribution in [0.1, 0.15) is 42.1 Å². The SMILES string of the molecule is CCn1c(C(=O)O)cc(=O)n2nc(C3CCCO3)cc12. The van der Waals surface area contributed by atoms with E-state index >= 15 is 0 Å². The van der Waals surface area contributed by atoms with E-state index in [0.717, 1.165) is 18.9 Å². The van der Waals surface area contributed by atoms with Crippen LogP contribution in [0.4, 0.5) is 0 Å². The summed E-state index contributed by atoms with van der Waals surface area (Å²) >= 11 is 0. The molecule has 1 aliphatic rings. The highest BCUT2D eigenvalue weighted by molar-refractivity contribution is 5.86. The number of fused-ring (bicyclic) bond motifs is 1. The molecule has 3 heterocycles. The van der Waals surface area contributed by atoms with Crippen LogP contribution in [0.3, 0.4) is 0 Å². The third-order valence-electron chi connectivity index (χ3n) is 3.54. The summed E-state index contributed by atoms with van der Waals surface area (Å²) in [7, 11) is 0. The van der Waals surface area contributed by atoms with Crippen molar-refractivity contribution in [2.75, 3.05) is 6.61 Å². The van der Waals surface area contributed by atoms with Crippen LogP contribution in [-0.2, 0) is 11.3 Å². The van der Waals surface area contributed by atoms with E-state index in [1.54, 1.807) is 10.6 Å². The van der Waals surface area contributed by atoms with E-state index in [-0.39, 0.29) is 11.8 Å². The van der Waals surface area contributed by atoms with Crippen molar-refractivity contribution >= 4 is 11.6 Å². The molecule has 1 N–H and O–H groups in total. The molecule has 0 aromatic carbocycles. The minimum Gasteiger partial charge on any atom is -0.477 e. The number of ether oxygens (including phenoxy) is 1. The van der Waals surface area contributed by atoms with E-state index in [0.29, 0.717) is 24.5 Å². The predicted molar refractivity (Wildman–Crippen MR) is 70.0 cm³/mol. The van der Waals surface area contributed by atoms with Crippen LogP contribution in [0.5, 0.6) is 0 Å². The van der Waals surface area contributed by atoms with Crippen molar-refractivity contribution in [2.24, 2.45) is 0 Å². The summed E-state index contributed by atoms with van der Waals surface area (Å²) in [4.78, 5) is 23.2. The van der Waals surface area contributed by atoms with Crippen molar-refractivity contribution in [3.05, 3.63) is 33.9 Å². The molecule has 1 unspecified atom stereocenters. The van der Waals surface area contributed by atoms with Crippen molar-refractivity contribution in [1.82, 2.24) is 14.2 Å². The zero-order valence-corrected chi connectivity index (χ0v) is 11.1. The fraction of sp³-hybridized carbons (Fsp3) is 0.462. The lowest BCUT2D eigenvalue weighted by atomic mass is 10.2. The Labute approximate surface area is 114 Å². The Morgan fingerprint density at radius 3 is 2.95 bits per heavy atom. The van der Waals surface area contributed by atoms with Gasteiger partial charge in [-0.25, -0.2) is 4.79 Å². The van der Waals surface area contributed by atoms with E-state index in [1.165, 1.54) is 4.52 Å². The maximum absolute atomic E-state index is 12.0. The number of carboxylic acid groups (broad SMARTS) is 1. The Bertz CT molecular complexity index is 725. The summed E-state index contributed by atoms with van der Waals surface area (Å²) in [5.74, 6) is -1.12. The molecule has 20 heavy (non-hydrogen) atoms. The summed E-state index contributed by atoms with van der Waals surface area (Å²) in [5, 5.41) is 13.5. The van der Waals surface area contributed by atoms with E-state index in [9.17, 15) is 14.7 Å². The molecule has 0 amide bonds. The van der Waals surface area contributed by atoms with Gasteiger partial charge < -0.3 is 14.4 Å². The number of hydrogen-bond acceptors (Lipinski definition) is 4. The van der Waals surface area contributed by atoms with E-state index in [1.807, 2.05) is 6.92 Å². The summed E-state index contributed by atoms with van der Waals surface area (Å²) in [5.41, 5.74) is 0.711. The number of aromatic nitrogens is 3. The first-order valence-corrected chi connectivity index (χ1v) is 6.60. The van der Waals surface area contributed by atoms with Crippen molar-refractivity contribution < 1.29 is 14.6 Å². The van der Waals surface area contributed by atoms with E-state index < -0.39 is 11.5 Å². The minimum absolute atomic E-state index is 0.0243. The molecule has 0 radical (unpaired) electrons. The molecule has 2 aromatic rings. The standard InChI is InChI=1S/C13H15N3O4/c1-2-15-9(13(18)19)7-12(17)16-11(15)6-8(14-16)10-4-3-5-20-10/h6-7,10H,2-5H2,1H3,(H,18,19). The normalized spacial score (nSPS) is 18.8. The van der Waals surface area contributed by atoms with Gasteiger partial charge in [-0.2, -0.15) is 9.61 Å². The van der Waals surface area contributed by atoms with Gasteiger partial charge in [0.2, 0.25) is 0 Å². The van der Waals surface area contributed by atoms with Crippen LogP contribution in [0.2, 0.25) is 0 Å². The van der Waals surface area contributed by atoms with Gasteiger partial charge in [-0.15, -0.1) is 0 Å². The minimum atomic E-state index is -1.12. The molecule has 0 spiro atoms. The summed E-state index contributed by atoms with van der Waals surface area (Å²) in [6.07, 6.45) is 1.74. The maximum atomic E-state index is 12.0. The molecule has 0 aliphatic carbocycles. The van der Waals surface area contributed by atoms with Crippen molar-refractivity contribution in [3.63, 3.8) is 0 Å². The maximum Gasteiger partial charge on any atom is 0.352 e. The van der Waals surface area contributed by atoms with Crippen molar-refractivity contribution in [1.29, 1.82) is 0 Å². The molecule has 0 bridgehead atoms. The molecular weight excluding hydrogens is 262 g/mol. The number of aromatic carboxylic acids is 1. The Morgan fingerprint density at radius 1 is 1.55 bits per heavy atom. The van der Waals surface area contributed by atoms with Gasteiger partial charge in [0.05, 0.1) is 5.69 Å². The van der Waals surface area contributed by atoms with Gasteiger partial charge in [0, 0.05) is 25.3 Å². The largest absolute Gasteiger partial charge is 0.477 e. The van der Waals surface area contributed by atoms with Gasteiger partial charge in [-0.05, 0) is 19.8 Å². The lowest BCUT2D eigenvalue weighted by Crippen LogP contribution is -2.23. The molecule has 1 aliphatic heterocycles. The van der Waals surface area contributed by atoms with Crippen LogP contribution in [0.25, 0.3) is 5.65 Å². The van der Waals surface area contributed by atoms with Gasteiger partial charge in [-0.3, -0.25) is 4.79 Å². The van der Waals surface area contributed by atoms with Crippen molar-refractivity contribution in [3.8, 4) is 0 Å². The fourth-order valence-electron chi connectivity index (χ4n) is 2.60. The average molecular weight is 277 g/mol. The summed E-state index contributed by atoms with van der Waals surface area (Å²) < 4.78 is 8.36. The topological polar surface area (TPSA) is 85.8 Å². The number of aryl methyl sites for hydroxylation is 1. The zero-order valence-electron chi connectivity index (χ0n) is 11.1. The van der Waals surface area contributed by atoms with Gasteiger partial charge in [-0.1, -0.05) is 0 Å². The van der Waals surface area contributed by atoms with Gasteiger partial charge in [0.25, 0.3) is 5.56 Å². The molecule has 0 saturated carbocycles. The highest BCUT2D eigenvalue weighted by Crippen LogP contribution is 2.27. The molecule has 3 rings (SSSR count). The first-order chi connectivity index (χ1) is 9.61. The molecule has 106 valence electrons. The van der Waals surface area contributed by atoms with Gasteiger partial charge in [0.15, 0.2) is 0 Å². The molecular formula is C13H15N3O4. The highest BCUT2D eigenvalue weighted by Gasteiger charge is 2.23. The summed E-state index contributed by atoms with van der Waals surface area (Å²) in [6.45, 7) is 2.97. The molecule has 1 saturated heterocycles. The second-order valence-electron chi connectivity index (χ2n) is 4.76. The molecule has 1 atom stereocenters. The van der Waals surface area contributed by atoms with Gasteiger partial charge >= 0.3 is 5.97 Å². The Balaban J connectivity index is 2.24. The molecule has 7 heteroatoms. The number of nitrogens with zero attached hydrogens (tertiary/aromatic N) is 3. The highest BCUT2D eigenvalue weighted by atomic mass is 16.5. The second-order valence-corrected chi connectivity index (χ2v) is 4.76. The van der Waals surface area contributed by atoms with Crippen LogP contribution in [-0.4, -0.2) is 31.9 Å².